The first-order chi connectivity index (χ1) is 9.75. The Morgan fingerprint density at radius 2 is 1.45 bits per heavy atom. The zero-order chi connectivity index (χ0) is 13.9. The molecule has 0 amide bonds. The standard InChI is InChI=1S/C19H19N/c1-15-13-19(17-11-7-4-8-12-17)20(2)14-18(15)16-9-5-3-6-10-16/h3-14,19H,1-2H3. The Morgan fingerprint density at radius 3 is 2.10 bits per heavy atom. The summed E-state index contributed by atoms with van der Waals surface area (Å²) in [4.78, 5) is 2.28. The molecule has 0 bridgehead atoms. The molecule has 1 aliphatic heterocycles. The molecule has 1 heterocycles. The highest BCUT2D eigenvalue weighted by Crippen LogP contribution is 2.34. The molecule has 20 heavy (non-hydrogen) atoms. The van der Waals surface area contributed by atoms with Gasteiger partial charge in [0.1, 0.15) is 0 Å². The molecule has 1 unspecified atom stereocenters. The van der Waals surface area contributed by atoms with Gasteiger partial charge in [0.05, 0.1) is 6.04 Å². The van der Waals surface area contributed by atoms with Crippen LogP contribution in [0.3, 0.4) is 0 Å². The van der Waals surface area contributed by atoms with Crippen molar-refractivity contribution in [3.8, 4) is 0 Å². The lowest BCUT2D eigenvalue weighted by molar-refractivity contribution is 0.390. The van der Waals surface area contributed by atoms with E-state index >= 15 is 0 Å². The van der Waals surface area contributed by atoms with Gasteiger partial charge in [0.15, 0.2) is 0 Å². The first-order valence-electron chi connectivity index (χ1n) is 6.98. The van der Waals surface area contributed by atoms with Gasteiger partial charge in [-0.3, -0.25) is 0 Å². The van der Waals surface area contributed by atoms with Gasteiger partial charge in [0.25, 0.3) is 0 Å². The van der Waals surface area contributed by atoms with Crippen molar-refractivity contribution in [2.75, 3.05) is 7.05 Å². The average Bonchev–Trinajstić information content (AvgIpc) is 2.51. The molecule has 0 fully saturated rings. The van der Waals surface area contributed by atoms with E-state index in [4.69, 9.17) is 0 Å². The monoisotopic (exact) mass is 261 g/mol. The number of nitrogens with zero attached hydrogens (tertiary/aromatic N) is 1. The van der Waals surface area contributed by atoms with Crippen molar-refractivity contribution in [1.82, 2.24) is 4.90 Å². The maximum absolute atomic E-state index is 2.34. The van der Waals surface area contributed by atoms with Crippen LogP contribution < -0.4 is 0 Å². The van der Waals surface area contributed by atoms with E-state index in [2.05, 4.69) is 91.8 Å². The number of benzene rings is 2. The second-order valence-electron chi connectivity index (χ2n) is 5.28. The largest absolute Gasteiger partial charge is 0.369 e. The zero-order valence-corrected chi connectivity index (χ0v) is 12.0. The fourth-order valence-electron chi connectivity index (χ4n) is 2.73. The first-order valence-corrected chi connectivity index (χ1v) is 6.98. The van der Waals surface area contributed by atoms with E-state index in [1.807, 2.05) is 0 Å². The molecular formula is C19H19N. The first kappa shape index (κ1) is 12.7. The van der Waals surface area contributed by atoms with Crippen molar-refractivity contribution >= 4 is 5.57 Å². The zero-order valence-electron chi connectivity index (χ0n) is 12.0. The topological polar surface area (TPSA) is 3.24 Å². The van der Waals surface area contributed by atoms with Gasteiger partial charge in [-0.05, 0) is 23.6 Å². The van der Waals surface area contributed by atoms with Crippen molar-refractivity contribution in [2.24, 2.45) is 0 Å². The number of likely N-dealkylation sites (N-methyl/N-ethyl adjacent to an activating group) is 1. The lowest BCUT2D eigenvalue weighted by Crippen LogP contribution is -2.21. The van der Waals surface area contributed by atoms with Crippen LogP contribution in [0.1, 0.15) is 24.1 Å². The molecule has 1 aliphatic rings. The quantitative estimate of drug-likeness (QED) is 0.760. The summed E-state index contributed by atoms with van der Waals surface area (Å²) in [6.07, 6.45) is 4.60. The fraction of sp³-hybridized carbons (Fsp3) is 0.158. The van der Waals surface area contributed by atoms with E-state index in [0.29, 0.717) is 6.04 Å². The summed E-state index contributed by atoms with van der Waals surface area (Å²) in [5.41, 5.74) is 5.25. The van der Waals surface area contributed by atoms with E-state index < -0.39 is 0 Å². The number of allylic oxidation sites excluding steroid dienone is 2. The van der Waals surface area contributed by atoms with Crippen LogP contribution in [0.4, 0.5) is 0 Å². The van der Waals surface area contributed by atoms with Crippen LogP contribution in [-0.4, -0.2) is 11.9 Å². The van der Waals surface area contributed by atoms with Gasteiger partial charge in [-0.15, -0.1) is 0 Å². The highest BCUT2D eigenvalue weighted by atomic mass is 15.1. The summed E-state index contributed by atoms with van der Waals surface area (Å²) >= 11 is 0. The molecule has 0 aromatic heterocycles. The predicted molar refractivity (Wildman–Crippen MR) is 85.1 cm³/mol. The third-order valence-electron chi connectivity index (χ3n) is 3.83. The maximum atomic E-state index is 2.34. The smallest absolute Gasteiger partial charge is 0.0723 e. The number of rotatable bonds is 2. The van der Waals surface area contributed by atoms with E-state index in [0.717, 1.165) is 0 Å². The molecule has 0 saturated heterocycles. The van der Waals surface area contributed by atoms with Gasteiger partial charge in [-0.25, -0.2) is 0 Å². The third kappa shape index (κ3) is 2.39. The molecule has 1 nitrogen and oxygen atoms in total. The van der Waals surface area contributed by atoms with Crippen LogP contribution in [0.15, 0.2) is 78.5 Å². The molecular weight excluding hydrogens is 242 g/mol. The molecule has 3 rings (SSSR count). The molecule has 100 valence electrons. The minimum atomic E-state index is 0.323. The van der Waals surface area contributed by atoms with E-state index in [1.165, 1.54) is 22.3 Å². The van der Waals surface area contributed by atoms with E-state index in [-0.39, 0.29) is 0 Å². The summed E-state index contributed by atoms with van der Waals surface area (Å²) in [5.74, 6) is 0. The van der Waals surface area contributed by atoms with Crippen molar-refractivity contribution in [3.05, 3.63) is 89.6 Å². The second-order valence-corrected chi connectivity index (χ2v) is 5.28. The van der Waals surface area contributed by atoms with Crippen molar-refractivity contribution < 1.29 is 0 Å². The number of hydrogen-bond donors (Lipinski definition) is 0. The Kier molecular flexibility index (Phi) is 3.42. The van der Waals surface area contributed by atoms with Crippen molar-refractivity contribution in [1.29, 1.82) is 0 Å². The van der Waals surface area contributed by atoms with Crippen molar-refractivity contribution in [2.45, 2.75) is 13.0 Å². The molecule has 2 aromatic carbocycles. The predicted octanol–water partition coefficient (Wildman–Crippen LogP) is 4.66. The van der Waals surface area contributed by atoms with Gasteiger partial charge in [-0.1, -0.05) is 66.7 Å². The minimum Gasteiger partial charge on any atom is -0.369 e. The number of hydrogen-bond acceptors (Lipinski definition) is 1. The lowest BCUT2D eigenvalue weighted by atomic mass is 9.92. The summed E-state index contributed by atoms with van der Waals surface area (Å²) in [6.45, 7) is 2.20. The van der Waals surface area contributed by atoms with Crippen LogP contribution in [-0.2, 0) is 0 Å². The molecule has 0 aliphatic carbocycles. The highest BCUT2D eigenvalue weighted by molar-refractivity contribution is 5.79. The highest BCUT2D eigenvalue weighted by Gasteiger charge is 2.19. The summed E-state index contributed by atoms with van der Waals surface area (Å²) < 4.78 is 0. The Bertz CT molecular complexity index is 638. The Labute approximate surface area is 120 Å². The van der Waals surface area contributed by atoms with Crippen LogP contribution >= 0.6 is 0 Å². The Morgan fingerprint density at radius 1 is 0.850 bits per heavy atom. The normalized spacial score (nSPS) is 18.5. The Balaban J connectivity index is 1.95. The second kappa shape index (κ2) is 5.38. The maximum Gasteiger partial charge on any atom is 0.0723 e. The average molecular weight is 261 g/mol. The third-order valence-corrected chi connectivity index (χ3v) is 3.83. The van der Waals surface area contributed by atoms with Crippen LogP contribution in [0, 0.1) is 0 Å². The van der Waals surface area contributed by atoms with Crippen LogP contribution in [0.25, 0.3) is 5.57 Å². The summed E-state index contributed by atoms with van der Waals surface area (Å²) in [7, 11) is 2.14. The van der Waals surface area contributed by atoms with Gasteiger partial charge in [-0.2, -0.15) is 0 Å². The van der Waals surface area contributed by atoms with Gasteiger partial charge in [0.2, 0.25) is 0 Å². The minimum absolute atomic E-state index is 0.323. The Hall–Kier alpha value is -2.28. The molecule has 1 atom stereocenters. The molecule has 0 radical (unpaired) electrons. The van der Waals surface area contributed by atoms with Gasteiger partial charge >= 0.3 is 0 Å². The summed E-state index contributed by atoms with van der Waals surface area (Å²) in [6, 6.07) is 21.5. The molecule has 0 saturated carbocycles. The van der Waals surface area contributed by atoms with Crippen molar-refractivity contribution in [3.63, 3.8) is 0 Å². The summed E-state index contributed by atoms with van der Waals surface area (Å²) in [5, 5.41) is 0. The fourth-order valence-corrected chi connectivity index (χ4v) is 2.73. The van der Waals surface area contributed by atoms with E-state index in [1.54, 1.807) is 0 Å². The molecule has 2 aromatic rings. The molecule has 1 heteroatoms. The van der Waals surface area contributed by atoms with Crippen LogP contribution in [0.5, 0.6) is 0 Å². The van der Waals surface area contributed by atoms with Gasteiger partial charge < -0.3 is 4.90 Å². The molecule has 0 spiro atoms. The van der Waals surface area contributed by atoms with Crippen LogP contribution in [0.2, 0.25) is 0 Å². The molecule has 0 N–H and O–H groups in total. The lowest BCUT2D eigenvalue weighted by Gasteiger charge is -2.31. The van der Waals surface area contributed by atoms with E-state index in [9.17, 15) is 0 Å². The SMILES string of the molecule is CC1=CC(c2ccccc2)N(C)C=C1c1ccccc1. The van der Waals surface area contributed by atoms with Gasteiger partial charge in [0, 0.05) is 18.8 Å².